The zero-order valence-electron chi connectivity index (χ0n) is 7.65. The Morgan fingerprint density at radius 1 is 1.44 bits per heavy atom. The lowest BCUT2D eigenvalue weighted by Gasteiger charge is -2.00. The van der Waals surface area contributed by atoms with Gasteiger partial charge in [0.1, 0.15) is 0 Å². The highest BCUT2D eigenvalue weighted by Crippen LogP contribution is 2.12. The summed E-state index contributed by atoms with van der Waals surface area (Å²) in [6.07, 6.45) is 2.69. The van der Waals surface area contributed by atoms with Gasteiger partial charge in [-0.3, -0.25) is 4.79 Å². The highest BCUT2D eigenvalue weighted by Gasteiger charge is 2.11. The van der Waals surface area contributed by atoms with Gasteiger partial charge in [-0.15, -0.1) is 11.3 Å². The lowest BCUT2D eigenvalue weighted by molar-refractivity contribution is 0.102. The minimum atomic E-state index is -0.678. The third-order valence-corrected chi connectivity index (χ3v) is 2.56. The van der Waals surface area contributed by atoms with Gasteiger partial charge in [0.2, 0.25) is 11.2 Å². The summed E-state index contributed by atoms with van der Waals surface area (Å²) in [5, 5.41) is 3.72. The van der Waals surface area contributed by atoms with Gasteiger partial charge in [-0.1, -0.05) is 0 Å². The standard InChI is InChI=1S/C8H4ClFN4OS/c9-8-11-1-4(2-12-8)13-6(15)7-14-5(10)3-16-7/h1-3H,(H,13,15). The van der Waals surface area contributed by atoms with E-state index in [1.807, 2.05) is 0 Å². The lowest BCUT2D eigenvalue weighted by atomic mass is 10.5. The summed E-state index contributed by atoms with van der Waals surface area (Å²) in [6.45, 7) is 0. The Morgan fingerprint density at radius 3 is 2.69 bits per heavy atom. The molecule has 0 radical (unpaired) electrons. The number of carbonyl (C=O) groups is 1. The van der Waals surface area contributed by atoms with E-state index in [-0.39, 0.29) is 10.3 Å². The Bertz CT molecular complexity index is 515. The average Bonchev–Trinajstić information content (AvgIpc) is 2.68. The molecule has 2 heterocycles. The molecule has 0 saturated heterocycles. The quantitative estimate of drug-likeness (QED) is 0.837. The fraction of sp³-hybridized carbons (Fsp3) is 0. The topological polar surface area (TPSA) is 67.8 Å². The number of thiazole rings is 1. The van der Waals surface area contributed by atoms with E-state index in [2.05, 4.69) is 20.3 Å². The molecule has 2 aromatic rings. The summed E-state index contributed by atoms with van der Waals surface area (Å²) in [6, 6.07) is 0. The fourth-order valence-electron chi connectivity index (χ4n) is 0.920. The van der Waals surface area contributed by atoms with Crippen LogP contribution in [0, 0.1) is 5.95 Å². The van der Waals surface area contributed by atoms with Crippen molar-refractivity contribution in [3.05, 3.63) is 34.0 Å². The monoisotopic (exact) mass is 258 g/mol. The number of rotatable bonds is 2. The van der Waals surface area contributed by atoms with Crippen LogP contribution in [0.1, 0.15) is 9.80 Å². The highest BCUT2D eigenvalue weighted by atomic mass is 35.5. The highest BCUT2D eigenvalue weighted by molar-refractivity contribution is 7.11. The molecule has 2 aromatic heterocycles. The number of halogens is 2. The van der Waals surface area contributed by atoms with Crippen molar-refractivity contribution < 1.29 is 9.18 Å². The number of hydrogen-bond donors (Lipinski definition) is 1. The van der Waals surface area contributed by atoms with E-state index < -0.39 is 11.9 Å². The van der Waals surface area contributed by atoms with Crippen LogP contribution in [0.4, 0.5) is 10.1 Å². The normalized spacial score (nSPS) is 10.1. The number of hydrogen-bond acceptors (Lipinski definition) is 5. The van der Waals surface area contributed by atoms with Gasteiger partial charge in [-0.2, -0.15) is 4.39 Å². The zero-order chi connectivity index (χ0) is 11.5. The predicted molar refractivity (Wildman–Crippen MR) is 57.1 cm³/mol. The van der Waals surface area contributed by atoms with E-state index in [9.17, 15) is 9.18 Å². The first-order chi connectivity index (χ1) is 7.65. The Hall–Kier alpha value is -1.60. The number of amides is 1. The smallest absolute Gasteiger partial charge is 0.284 e. The summed E-state index contributed by atoms with van der Waals surface area (Å²) in [5.74, 6) is -1.19. The molecule has 0 aliphatic rings. The number of nitrogens with zero attached hydrogens (tertiary/aromatic N) is 3. The van der Waals surface area contributed by atoms with Crippen molar-refractivity contribution in [2.75, 3.05) is 5.32 Å². The van der Waals surface area contributed by atoms with Crippen molar-refractivity contribution in [1.29, 1.82) is 0 Å². The average molecular weight is 259 g/mol. The zero-order valence-corrected chi connectivity index (χ0v) is 9.22. The third-order valence-electron chi connectivity index (χ3n) is 1.55. The Labute approximate surface area is 98.3 Å². The first-order valence-corrected chi connectivity index (χ1v) is 5.31. The minimum absolute atomic E-state index is 0.0347. The van der Waals surface area contributed by atoms with E-state index in [0.717, 1.165) is 16.7 Å². The molecule has 0 unspecified atom stereocenters. The van der Waals surface area contributed by atoms with Crippen molar-refractivity contribution in [3.8, 4) is 0 Å². The molecule has 0 atom stereocenters. The van der Waals surface area contributed by atoms with Crippen LogP contribution < -0.4 is 5.32 Å². The molecule has 0 aliphatic carbocycles. The second-order valence-electron chi connectivity index (χ2n) is 2.67. The van der Waals surface area contributed by atoms with Crippen LogP contribution in [0.3, 0.4) is 0 Å². The molecular weight excluding hydrogens is 255 g/mol. The van der Waals surface area contributed by atoms with Crippen LogP contribution in [0.5, 0.6) is 0 Å². The first kappa shape index (κ1) is 10.9. The van der Waals surface area contributed by atoms with Crippen LogP contribution in [0.2, 0.25) is 5.28 Å². The molecular formula is C8H4ClFN4OS. The van der Waals surface area contributed by atoms with E-state index in [1.54, 1.807) is 0 Å². The van der Waals surface area contributed by atoms with Gasteiger partial charge >= 0.3 is 0 Å². The summed E-state index contributed by atoms with van der Waals surface area (Å²) < 4.78 is 12.6. The maximum Gasteiger partial charge on any atom is 0.284 e. The maximum absolute atomic E-state index is 12.6. The molecule has 0 bridgehead atoms. The summed E-state index contributed by atoms with van der Waals surface area (Å²) in [5.41, 5.74) is 0.366. The molecule has 0 aliphatic heterocycles. The van der Waals surface area contributed by atoms with Crippen LogP contribution in [-0.4, -0.2) is 20.9 Å². The second kappa shape index (κ2) is 4.50. The van der Waals surface area contributed by atoms with Gasteiger partial charge in [0, 0.05) is 5.38 Å². The molecule has 2 rings (SSSR count). The van der Waals surface area contributed by atoms with E-state index in [4.69, 9.17) is 11.6 Å². The summed E-state index contributed by atoms with van der Waals surface area (Å²) in [4.78, 5) is 22.3. The van der Waals surface area contributed by atoms with Gasteiger partial charge in [0.25, 0.3) is 5.91 Å². The molecule has 5 nitrogen and oxygen atoms in total. The number of anilines is 1. The SMILES string of the molecule is O=C(Nc1cnc(Cl)nc1)c1nc(F)cs1. The molecule has 16 heavy (non-hydrogen) atoms. The molecule has 8 heteroatoms. The first-order valence-electron chi connectivity index (χ1n) is 4.05. The summed E-state index contributed by atoms with van der Waals surface area (Å²) in [7, 11) is 0. The number of nitrogens with one attached hydrogen (secondary N) is 1. The Morgan fingerprint density at radius 2 is 2.12 bits per heavy atom. The third kappa shape index (κ3) is 2.50. The van der Waals surface area contributed by atoms with E-state index in [1.165, 1.54) is 12.4 Å². The molecule has 0 aromatic carbocycles. The minimum Gasteiger partial charge on any atom is -0.317 e. The van der Waals surface area contributed by atoms with Gasteiger partial charge in [-0.25, -0.2) is 15.0 Å². The lowest BCUT2D eigenvalue weighted by Crippen LogP contribution is -2.12. The van der Waals surface area contributed by atoms with Crippen molar-refractivity contribution >= 4 is 34.5 Å². The van der Waals surface area contributed by atoms with Gasteiger partial charge in [0.15, 0.2) is 5.01 Å². The molecule has 1 amide bonds. The molecule has 1 N–H and O–H groups in total. The van der Waals surface area contributed by atoms with Crippen LogP contribution >= 0.6 is 22.9 Å². The molecule has 0 fully saturated rings. The van der Waals surface area contributed by atoms with Gasteiger partial charge in [0.05, 0.1) is 18.1 Å². The largest absolute Gasteiger partial charge is 0.317 e. The second-order valence-corrected chi connectivity index (χ2v) is 3.87. The van der Waals surface area contributed by atoms with E-state index in [0.29, 0.717) is 5.69 Å². The van der Waals surface area contributed by atoms with Crippen LogP contribution in [0.15, 0.2) is 17.8 Å². The Balaban J connectivity index is 2.10. The summed E-state index contributed by atoms with van der Waals surface area (Å²) >= 11 is 6.39. The van der Waals surface area contributed by atoms with Crippen molar-refractivity contribution in [2.24, 2.45) is 0 Å². The van der Waals surface area contributed by atoms with Crippen LogP contribution in [0.25, 0.3) is 0 Å². The van der Waals surface area contributed by atoms with Crippen molar-refractivity contribution in [1.82, 2.24) is 15.0 Å². The number of carbonyl (C=O) groups excluding carboxylic acids is 1. The molecule has 82 valence electrons. The van der Waals surface area contributed by atoms with Crippen molar-refractivity contribution in [3.63, 3.8) is 0 Å². The van der Waals surface area contributed by atoms with Crippen molar-refractivity contribution in [2.45, 2.75) is 0 Å². The van der Waals surface area contributed by atoms with Crippen LogP contribution in [-0.2, 0) is 0 Å². The fourth-order valence-corrected chi connectivity index (χ4v) is 1.58. The number of aromatic nitrogens is 3. The Kier molecular flexibility index (Phi) is 3.07. The maximum atomic E-state index is 12.6. The van der Waals surface area contributed by atoms with Gasteiger partial charge < -0.3 is 5.32 Å². The molecule has 0 spiro atoms. The van der Waals surface area contributed by atoms with E-state index >= 15 is 0 Å². The predicted octanol–water partition coefficient (Wildman–Crippen LogP) is 1.98. The molecule has 0 saturated carbocycles. The van der Waals surface area contributed by atoms with Gasteiger partial charge in [-0.05, 0) is 11.6 Å².